The van der Waals surface area contributed by atoms with E-state index in [2.05, 4.69) is 37.6 Å². The molecule has 0 aliphatic rings. The molecule has 0 unspecified atom stereocenters. The highest BCUT2D eigenvalue weighted by molar-refractivity contribution is 7.45. The van der Waals surface area contributed by atoms with Crippen LogP contribution in [-0.2, 0) is 0 Å². The highest BCUT2D eigenvalue weighted by Gasteiger charge is 1.93. The molecule has 0 bridgehead atoms. The van der Waals surface area contributed by atoms with Crippen molar-refractivity contribution < 1.29 is 0 Å². The molecule has 0 amide bonds. The first kappa shape index (κ1) is 30.9. The summed E-state index contributed by atoms with van der Waals surface area (Å²) in [6.07, 6.45) is 39.1. The van der Waals surface area contributed by atoms with Crippen molar-refractivity contribution in [2.45, 2.75) is 168 Å². The maximum absolute atomic E-state index is 2.42. The number of allylic oxidation sites excluding steroid dienone is 2. The molecule has 0 heterocycles. The first-order valence-corrected chi connectivity index (χ1v) is 15.6. The third-order valence-electron chi connectivity index (χ3n) is 6.38. The summed E-state index contributed by atoms with van der Waals surface area (Å²) in [5, 5.41) is 0. The van der Waals surface area contributed by atoms with Crippen LogP contribution >= 0.6 is 8.58 Å². The van der Waals surface area contributed by atoms with Crippen LogP contribution in [0.25, 0.3) is 0 Å². The van der Waals surface area contributed by atoms with E-state index in [9.17, 15) is 0 Å². The molecule has 0 fully saturated rings. The molecule has 0 saturated carbocycles. The molecule has 0 nitrogen and oxygen atoms in total. The van der Waals surface area contributed by atoms with Gasteiger partial charge in [0.1, 0.15) is 0 Å². The minimum atomic E-state index is 0.894. The van der Waals surface area contributed by atoms with Crippen LogP contribution in [0.1, 0.15) is 168 Å². The van der Waals surface area contributed by atoms with E-state index in [0.717, 1.165) is 8.58 Å². The normalized spacial score (nSPS) is 12.3. The van der Waals surface area contributed by atoms with Crippen LogP contribution in [0.2, 0.25) is 0 Å². The van der Waals surface area contributed by atoms with Crippen molar-refractivity contribution in [1.29, 1.82) is 0 Å². The summed E-state index contributed by atoms with van der Waals surface area (Å²) in [4.78, 5) is 0. The molecule has 1 heteroatoms. The number of rotatable bonds is 26. The molecule has 184 valence electrons. The van der Waals surface area contributed by atoms with Crippen molar-refractivity contribution >= 4 is 8.58 Å². The lowest BCUT2D eigenvalue weighted by Gasteiger charge is -2.01. The molecule has 0 radical (unpaired) electrons. The highest BCUT2D eigenvalue weighted by atomic mass is 31.1. The third kappa shape index (κ3) is 29.9. The molecule has 0 atom stereocenters. The Labute approximate surface area is 200 Å². The first-order chi connectivity index (χ1) is 15.4. The van der Waals surface area contributed by atoms with Crippen LogP contribution in [0.15, 0.2) is 23.8 Å². The van der Waals surface area contributed by atoms with Gasteiger partial charge in [-0.15, -0.1) is 0 Å². The Morgan fingerprint density at radius 3 is 0.903 bits per heavy atom. The van der Waals surface area contributed by atoms with Gasteiger partial charge in [0.2, 0.25) is 0 Å². The maximum atomic E-state index is 2.42. The Kier molecular flexibility index (Phi) is 29.8. The zero-order chi connectivity index (χ0) is 22.5. The molecule has 0 aromatic rings. The van der Waals surface area contributed by atoms with Crippen molar-refractivity contribution in [2.24, 2.45) is 0 Å². The van der Waals surface area contributed by atoms with Gasteiger partial charge in [-0.25, -0.2) is 0 Å². The second kappa shape index (κ2) is 29.9. The van der Waals surface area contributed by atoms with Gasteiger partial charge in [0.25, 0.3) is 0 Å². The average Bonchev–Trinajstić information content (AvgIpc) is 2.78. The monoisotopic (exact) mass is 450 g/mol. The number of hydrogen-bond acceptors (Lipinski definition) is 0. The number of hydrogen-bond donors (Lipinski definition) is 0. The Balaban J connectivity index is 3.14. The van der Waals surface area contributed by atoms with E-state index < -0.39 is 0 Å². The fraction of sp³-hybridized carbons (Fsp3) is 0.867. The zero-order valence-electron chi connectivity index (χ0n) is 21.8. The standard InChI is InChI=1S/C30H59P/c1-3-5-7-9-11-13-15-17-19-21-23-25-27-29-31-30-28-26-24-22-20-18-16-14-12-10-8-6-4-2/h27-31H,3-26H2,1-2H3. The van der Waals surface area contributed by atoms with Crippen LogP contribution < -0.4 is 0 Å². The van der Waals surface area contributed by atoms with Gasteiger partial charge in [0.15, 0.2) is 0 Å². The predicted octanol–water partition coefficient (Wildman–Crippen LogP) is 12.1. The first-order valence-electron chi connectivity index (χ1n) is 14.5. The van der Waals surface area contributed by atoms with Crippen molar-refractivity contribution in [1.82, 2.24) is 0 Å². The van der Waals surface area contributed by atoms with Crippen LogP contribution in [0, 0.1) is 0 Å². The Hall–Kier alpha value is -0.0900. The van der Waals surface area contributed by atoms with Gasteiger partial charge in [-0.2, -0.15) is 0 Å². The topological polar surface area (TPSA) is 0 Å². The van der Waals surface area contributed by atoms with E-state index in [4.69, 9.17) is 0 Å². The van der Waals surface area contributed by atoms with Gasteiger partial charge in [-0.05, 0) is 25.7 Å². The molecule has 0 rings (SSSR count). The van der Waals surface area contributed by atoms with Gasteiger partial charge in [0, 0.05) is 0 Å². The SMILES string of the molecule is CCCCCCCCCCCCCC=CPC=CCCCCCCCCCCCCC. The summed E-state index contributed by atoms with van der Waals surface area (Å²) < 4.78 is 0. The summed E-state index contributed by atoms with van der Waals surface area (Å²) >= 11 is 0. The fourth-order valence-electron chi connectivity index (χ4n) is 4.21. The van der Waals surface area contributed by atoms with E-state index in [0.29, 0.717) is 0 Å². The predicted molar refractivity (Wildman–Crippen MR) is 149 cm³/mol. The second-order valence-electron chi connectivity index (χ2n) is 9.62. The molecule has 0 aliphatic heterocycles. The van der Waals surface area contributed by atoms with E-state index in [1.54, 1.807) is 0 Å². The van der Waals surface area contributed by atoms with Crippen LogP contribution in [0.5, 0.6) is 0 Å². The van der Waals surface area contributed by atoms with E-state index in [1.807, 2.05) is 0 Å². The minimum absolute atomic E-state index is 0.894. The zero-order valence-corrected chi connectivity index (χ0v) is 22.8. The van der Waals surface area contributed by atoms with Crippen LogP contribution in [0.3, 0.4) is 0 Å². The van der Waals surface area contributed by atoms with Crippen molar-refractivity contribution in [3.8, 4) is 0 Å². The molecule has 0 aromatic carbocycles. The molecule has 0 aromatic heterocycles. The average molecular weight is 451 g/mol. The third-order valence-corrected chi connectivity index (χ3v) is 7.23. The van der Waals surface area contributed by atoms with Gasteiger partial charge in [0.05, 0.1) is 0 Å². The summed E-state index contributed by atoms with van der Waals surface area (Å²) in [5.41, 5.74) is 0. The smallest absolute Gasteiger partial charge is 0.0347 e. The van der Waals surface area contributed by atoms with Crippen LogP contribution in [-0.4, -0.2) is 0 Å². The summed E-state index contributed by atoms with van der Waals surface area (Å²) in [6.45, 7) is 4.60. The van der Waals surface area contributed by atoms with E-state index in [1.165, 1.54) is 154 Å². The molecule has 0 N–H and O–H groups in total. The number of unbranched alkanes of at least 4 members (excludes halogenated alkanes) is 22. The Bertz CT molecular complexity index is 323. The molecular formula is C30H59P. The Morgan fingerprint density at radius 1 is 0.355 bits per heavy atom. The lowest BCUT2D eigenvalue weighted by atomic mass is 10.1. The van der Waals surface area contributed by atoms with Gasteiger partial charge >= 0.3 is 0 Å². The minimum Gasteiger partial charge on any atom is -0.0840 e. The van der Waals surface area contributed by atoms with Gasteiger partial charge in [-0.1, -0.05) is 175 Å². The molecular weight excluding hydrogens is 391 g/mol. The fourth-order valence-corrected chi connectivity index (χ4v) is 4.93. The molecule has 0 saturated heterocycles. The van der Waals surface area contributed by atoms with Crippen molar-refractivity contribution in [3.05, 3.63) is 23.8 Å². The van der Waals surface area contributed by atoms with Gasteiger partial charge in [-0.3, -0.25) is 0 Å². The lowest BCUT2D eigenvalue weighted by molar-refractivity contribution is 0.550. The molecule has 31 heavy (non-hydrogen) atoms. The van der Waals surface area contributed by atoms with E-state index >= 15 is 0 Å². The van der Waals surface area contributed by atoms with E-state index in [-0.39, 0.29) is 0 Å². The highest BCUT2D eigenvalue weighted by Crippen LogP contribution is 2.17. The van der Waals surface area contributed by atoms with Crippen LogP contribution in [0.4, 0.5) is 0 Å². The maximum Gasteiger partial charge on any atom is -0.0347 e. The van der Waals surface area contributed by atoms with Crippen molar-refractivity contribution in [2.75, 3.05) is 0 Å². The molecule has 0 spiro atoms. The quantitative estimate of drug-likeness (QED) is 0.0907. The summed E-state index contributed by atoms with van der Waals surface area (Å²) in [6, 6.07) is 0. The van der Waals surface area contributed by atoms with Crippen molar-refractivity contribution in [3.63, 3.8) is 0 Å². The largest absolute Gasteiger partial charge is 0.0840 e. The molecule has 0 aliphatic carbocycles. The summed E-state index contributed by atoms with van der Waals surface area (Å²) in [5.74, 6) is 4.79. The lowest BCUT2D eigenvalue weighted by Crippen LogP contribution is -1.81. The Morgan fingerprint density at radius 2 is 0.613 bits per heavy atom. The summed E-state index contributed by atoms with van der Waals surface area (Å²) in [7, 11) is 0.894. The second-order valence-corrected chi connectivity index (χ2v) is 10.6. The van der Waals surface area contributed by atoms with Gasteiger partial charge < -0.3 is 0 Å².